The van der Waals surface area contributed by atoms with Gasteiger partial charge in [0.05, 0.1) is 17.3 Å². The van der Waals surface area contributed by atoms with Crippen LogP contribution in [0.4, 0.5) is 5.13 Å². The van der Waals surface area contributed by atoms with Crippen LogP contribution in [0.25, 0.3) is 10.2 Å². The number of hydrogen-bond acceptors (Lipinski definition) is 6. The lowest BCUT2D eigenvalue weighted by Gasteiger charge is -2.34. The summed E-state index contributed by atoms with van der Waals surface area (Å²) in [7, 11) is 1.58. The van der Waals surface area contributed by atoms with Crippen LogP contribution >= 0.6 is 22.9 Å². The van der Waals surface area contributed by atoms with Crippen molar-refractivity contribution in [2.45, 2.75) is 0 Å². The standard InChI is InChI=1S/C20H20ClN3O3S/c1-26-16-4-2-3-5-17(16)27-13-19(25)23-8-10-24(11-9-23)20-22-15-7-6-14(21)12-18(15)28-20/h2-7,12H,8-11,13H2,1H3. The van der Waals surface area contributed by atoms with Crippen molar-refractivity contribution in [1.29, 1.82) is 0 Å². The van der Waals surface area contributed by atoms with Gasteiger partial charge in [0.25, 0.3) is 5.91 Å². The van der Waals surface area contributed by atoms with E-state index in [-0.39, 0.29) is 12.5 Å². The number of halogens is 1. The van der Waals surface area contributed by atoms with E-state index in [4.69, 9.17) is 21.1 Å². The molecule has 28 heavy (non-hydrogen) atoms. The molecular formula is C20H20ClN3O3S. The Morgan fingerprint density at radius 1 is 1.14 bits per heavy atom. The molecule has 0 bridgehead atoms. The molecule has 6 nitrogen and oxygen atoms in total. The smallest absolute Gasteiger partial charge is 0.260 e. The molecule has 0 saturated carbocycles. The molecule has 0 aliphatic carbocycles. The minimum atomic E-state index is -0.0263. The number of ether oxygens (including phenoxy) is 2. The Labute approximate surface area is 172 Å². The number of thiazole rings is 1. The van der Waals surface area contributed by atoms with E-state index >= 15 is 0 Å². The number of nitrogens with zero attached hydrogens (tertiary/aromatic N) is 3. The number of carbonyl (C=O) groups excluding carboxylic acids is 1. The van der Waals surface area contributed by atoms with Crippen LogP contribution in [0.15, 0.2) is 42.5 Å². The van der Waals surface area contributed by atoms with Crippen LogP contribution in [-0.4, -0.2) is 55.7 Å². The Bertz CT molecular complexity index is 986. The molecule has 1 saturated heterocycles. The van der Waals surface area contributed by atoms with Crippen molar-refractivity contribution >= 4 is 44.2 Å². The molecule has 0 radical (unpaired) electrons. The molecule has 146 valence electrons. The van der Waals surface area contributed by atoms with Gasteiger partial charge in [0, 0.05) is 31.2 Å². The first-order valence-corrected chi connectivity index (χ1v) is 10.2. The Hall–Kier alpha value is -2.51. The Morgan fingerprint density at radius 3 is 2.64 bits per heavy atom. The van der Waals surface area contributed by atoms with E-state index in [2.05, 4.69) is 9.88 Å². The number of aromatic nitrogens is 1. The predicted octanol–water partition coefficient (Wildman–Crippen LogP) is 3.69. The highest BCUT2D eigenvalue weighted by molar-refractivity contribution is 7.22. The summed E-state index contributed by atoms with van der Waals surface area (Å²) in [4.78, 5) is 21.2. The van der Waals surface area contributed by atoms with Crippen LogP contribution < -0.4 is 14.4 Å². The SMILES string of the molecule is COc1ccccc1OCC(=O)N1CCN(c2nc3ccc(Cl)cc3s2)CC1. The van der Waals surface area contributed by atoms with Gasteiger partial charge >= 0.3 is 0 Å². The molecule has 0 unspecified atom stereocenters. The number of benzene rings is 2. The molecule has 1 aliphatic heterocycles. The minimum absolute atomic E-state index is 0.0000100. The zero-order valence-electron chi connectivity index (χ0n) is 15.4. The van der Waals surface area contributed by atoms with Crippen LogP contribution in [0.3, 0.4) is 0 Å². The third kappa shape index (κ3) is 4.00. The van der Waals surface area contributed by atoms with Gasteiger partial charge in [-0.2, -0.15) is 0 Å². The average molecular weight is 418 g/mol. The van der Waals surface area contributed by atoms with Crippen molar-refractivity contribution in [3.05, 3.63) is 47.5 Å². The third-order valence-corrected chi connectivity index (χ3v) is 5.98. The van der Waals surface area contributed by atoms with E-state index in [9.17, 15) is 4.79 Å². The molecule has 8 heteroatoms. The van der Waals surface area contributed by atoms with Crippen molar-refractivity contribution in [2.24, 2.45) is 0 Å². The number of fused-ring (bicyclic) bond motifs is 1. The predicted molar refractivity (Wildman–Crippen MR) is 112 cm³/mol. The molecule has 0 atom stereocenters. The van der Waals surface area contributed by atoms with Gasteiger partial charge in [-0.15, -0.1) is 0 Å². The molecule has 4 rings (SSSR count). The van der Waals surface area contributed by atoms with Crippen LogP contribution in [0.1, 0.15) is 0 Å². The van der Waals surface area contributed by atoms with Gasteiger partial charge in [0.15, 0.2) is 23.2 Å². The molecule has 2 aromatic carbocycles. The number of amides is 1. The maximum absolute atomic E-state index is 12.5. The van der Waals surface area contributed by atoms with Gasteiger partial charge in [0.1, 0.15) is 0 Å². The van der Waals surface area contributed by atoms with Crippen molar-refractivity contribution in [2.75, 3.05) is 44.8 Å². The zero-order chi connectivity index (χ0) is 19.5. The summed E-state index contributed by atoms with van der Waals surface area (Å²) in [5, 5.41) is 1.68. The topological polar surface area (TPSA) is 54.9 Å². The van der Waals surface area contributed by atoms with Crippen molar-refractivity contribution in [1.82, 2.24) is 9.88 Å². The van der Waals surface area contributed by atoms with Crippen LogP contribution in [0.2, 0.25) is 5.02 Å². The normalized spacial score (nSPS) is 14.4. The number of rotatable bonds is 5. The highest BCUT2D eigenvalue weighted by atomic mass is 35.5. The zero-order valence-corrected chi connectivity index (χ0v) is 17.0. The molecule has 1 aromatic heterocycles. The second-order valence-corrected chi connectivity index (χ2v) is 7.86. The number of methoxy groups -OCH3 is 1. The molecular weight excluding hydrogens is 398 g/mol. The lowest BCUT2D eigenvalue weighted by atomic mass is 10.3. The molecule has 1 fully saturated rings. The summed E-state index contributed by atoms with van der Waals surface area (Å²) in [5.41, 5.74) is 0.952. The minimum Gasteiger partial charge on any atom is -0.493 e. The fourth-order valence-electron chi connectivity index (χ4n) is 3.14. The third-order valence-electron chi connectivity index (χ3n) is 4.66. The fourth-order valence-corrected chi connectivity index (χ4v) is 4.43. The number of hydrogen-bond donors (Lipinski definition) is 0. The van der Waals surface area contributed by atoms with Gasteiger partial charge in [-0.3, -0.25) is 4.79 Å². The van der Waals surface area contributed by atoms with Gasteiger partial charge in [0.2, 0.25) is 0 Å². The highest BCUT2D eigenvalue weighted by Gasteiger charge is 2.23. The molecule has 1 aliphatic rings. The molecule has 0 spiro atoms. The summed E-state index contributed by atoms with van der Waals surface area (Å²) >= 11 is 7.69. The van der Waals surface area contributed by atoms with E-state index in [1.165, 1.54) is 0 Å². The van der Waals surface area contributed by atoms with E-state index in [1.54, 1.807) is 24.5 Å². The largest absolute Gasteiger partial charge is 0.493 e. The van der Waals surface area contributed by atoms with E-state index < -0.39 is 0 Å². The summed E-state index contributed by atoms with van der Waals surface area (Å²) < 4.78 is 12.0. The summed E-state index contributed by atoms with van der Waals surface area (Å²) in [6.07, 6.45) is 0. The number of para-hydroxylation sites is 2. The second kappa shape index (κ2) is 8.24. The fraction of sp³-hybridized carbons (Fsp3) is 0.300. The van der Waals surface area contributed by atoms with Gasteiger partial charge in [-0.1, -0.05) is 35.1 Å². The summed E-state index contributed by atoms with van der Waals surface area (Å²) in [6, 6.07) is 13.0. The first-order valence-electron chi connectivity index (χ1n) is 8.98. The Morgan fingerprint density at radius 2 is 1.89 bits per heavy atom. The number of piperazine rings is 1. The van der Waals surface area contributed by atoms with Crippen molar-refractivity contribution in [3.63, 3.8) is 0 Å². The van der Waals surface area contributed by atoms with Crippen LogP contribution in [0.5, 0.6) is 11.5 Å². The second-order valence-electron chi connectivity index (χ2n) is 6.42. The first kappa shape index (κ1) is 18.8. The van der Waals surface area contributed by atoms with E-state index in [1.807, 2.05) is 41.3 Å². The Kier molecular flexibility index (Phi) is 5.54. The van der Waals surface area contributed by atoms with Gasteiger partial charge < -0.3 is 19.3 Å². The van der Waals surface area contributed by atoms with Crippen LogP contribution in [0, 0.1) is 0 Å². The van der Waals surface area contributed by atoms with Crippen molar-refractivity contribution in [3.8, 4) is 11.5 Å². The maximum atomic E-state index is 12.5. The average Bonchev–Trinajstić information content (AvgIpc) is 3.15. The molecule has 2 heterocycles. The molecule has 3 aromatic rings. The van der Waals surface area contributed by atoms with Gasteiger partial charge in [-0.25, -0.2) is 4.98 Å². The summed E-state index contributed by atoms with van der Waals surface area (Å²) in [6.45, 7) is 2.78. The van der Waals surface area contributed by atoms with Crippen LogP contribution in [-0.2, 0) is 4.79 Å². The molecule has 1 amide bonds. The lowest BCUT2D eigenvalue weighted by Crippen LogP contribution is -2.50. The maximum Gasteiger partial charge on any atom is 0.260 e. The first-order chi connectivity index (χ1) is 13.6. The highest BCUT2D eigenvalue weighted by Crippen LogP contribution is 2.31. The van der Waals surface area contributed by atoms with E-state index in [0.717, 1.165) is 28.4 Å². The monoisotopic (exact) mass is 417 g/mol. The number of carbonyl (C=O) groups is 1. The van der Waals surface area contributed by atoms with Gasteiger partial charge in [-0.05, 0) is 30.3 Å². The van der Waals surface area contributed by atoms with E-state index in [0.29, 0.717) is 29.6 Å². The Balaban J connectivity index is 1.33. The molecule has 0 N–H and O–H groups in total. The quantitative estimate of drug-likeness (QED) is 0.633. The summed E-state index contributed by atoms with van der Waals surface area (Å²) in [5.74, 6) is 1.17. The van der Waals surface area contributed by atoms with Crippen molar-refractivity contribution < 1.29 is 14.3 Å². The number of anilines is 1. The lowest BCUT2D eigenvalue weighted by molar-refractivity contribution is -0.133.